The number of methoxy groups -OCH3 is 1. The molecule has 1 fully saturated rings. The molecule has 2 aromatic carbocycles. The van der Waals surface area contributed by atoms with Crippen molar-refractivity contribution in [3.05, 3.63) is 54.2 Å². The van der Waals surface area contributed by atoms with Gasteiger partial charge in [0.15, 0.2) is 11.5 Å². The minimum Gasteiger partial charge on any atom is -0.493 e. The Morgan fingerprint density at radius 2 is 1.89 bits per heavy atom. The Morgan fingerprint density at radius 1 is 1.05 bits per heavy atom. The van der Waals surface area contributed by atoms with Gasteiger partial charge in [0.1, 0.15) is 6.54 Å². The van der Waals surface area contributed by atoms with E-state index in [1.165, 1.54) is 0 Å². The summed E-state index contributed by atoms with van der Waals surface area (Å²) in [6.45, 7) is 4.94. The maximum absolute atomic E-state index is 13.6. The molecule has 3 aromatic rings. The molecule has 0 unspecified atom stereocenters. The summed E-state index contributed by atoms with van der Waals surface area (Å²) >= 11 is 0. The van der Waals surface area contributed by atoms with Gasteiger partial charge in [0.25, 0.3) is 0 Å². The lowest BCUT2D eigenvalue weighted by molar-refractivity contribution is -0.129. The number of likely N-dealkylation sites (N-methyl/N-ethyl adjacent to an activating group) is 1. The van der Waals surface area contributed by atoms with E-state index < -0.39 is 0 Å². The zero-order valence-corrected chi connectivity index (χ0v) is 22.4. The van der Waals surface area contributed by atoms with Crippen molar-refractivity contribution in [2.24, 2.45) is 0 Å². The third-order valence-electron chi connectivity index (χ3n) is 6.85. The van der Waals surface area contributed by atoms with Crippen LogP contribution < -0.4 is 14.4 Å². The normalized spacial score (nSPS) is 13.8. The Hall–Kier alpha value is -3.68. The smallest absolute Gasteiger partial charge is 0.324 e. The lowest BCUT2D eigenvalue weighted by Crippen LogP contribution is -2.49. The number of unbranched alkanes of at least 4 members (excludes halogenated alkanes) is 2. The van der Waals surface area contributed by atoms with Crippen LogP contribution >= 0.6 is 0 Å². The summed E-state index contributed by atoms with van der Waals surface area (Å²) in [4.78, 5) is 31.1. The average Bonchev–Trinajstić information content (AvgIpc) is 3.31. The van der Waals surface area contributed by atoms with E-state index in [-0.39, 0.29) is 18.5 Å². The highest BCUT2D eigenvalue weighted by atomic mass is 16.5. The fraction of sp³-hybridized carbons (Fsp3) is 0.448. The molecule has 1 aliphatic heterocycles. The molecule has 0 radical (unpaired) electrons. The number of rotatable bonds is 11. The number of fused-ring (bicyclic) bond motifs is 1. The third-order valence-corrected chi connectivity index (χ3v) is 6.85. The van der Waals surface area contributed by atoms with Crippen molar-refractivity contribution in [3.63, 3.8) is 0 Å². The molecule has 4 rings (SSSR count). The van der Waals surface area contributed by atoms with Gasteiger partial charge in [-0.3, -0.25) is 9.69 Å². The van der Waals surface area contributed by atoms with Gasteiger partial charge in [0, 0.05) is 62.6 Å². The number of urea groups is 1. The predicted molar refractivity (Wildman–Crippen MR) is 146 cm³/mol. The van der Waals surface area contributed by atoms with E-state index in [0.29, 0.717) is 37.7 Å². The Balaban J connectivity index is 1.51. The van der Waals surface area contributed by atoms with Crippen molar-refractivity contribution >= 4 is 28.5 Å². The van der Waals surface area contributed by atoms with Gasteiger partial charge < -0.3 is 23.8 Å². The second-order valence-corrected chi connectivity index (χ2v) is 9.68. The minimum atomic E-state index is -0.0208. The van der Waals surface area contributed by atoms with Crippen LogP contribution in [0.15, 0.2) is 48.7 Å². The number of anilines is 1. The van der Waals surface area contributed by atoms with Crippen molar-refractivity contribution in [3.8, 4) is 11.5 Å². The fourth-order valence-electron chi connectivity index (χ4n) is 4.70. The highest BCUT2D eigenvalue weighted by molar-refractivity contribution is 5.93. The van der Waals surface area contributed by atoms with Gasteiger partial charge in [0.2, 0.25) is 5.91 Å². The van der Waals surface area contributed by atoms with Gasteiger partial charge in [-0.15, -0.1) is 0 Å². The van der Waals surface area contributed by atoms with Gasteiger partial charge >= 0.3 is 6.03 Å². The Morgan fingerprint density at radius 3 is 2.65 bits per heavy atom. The maximum atomic E-state index is 13.6. The quantitative estimate of drug-likeness (QED) is 0.338. The van der Waals surface area contributed by atoms with E-state index in [4.69, 9.17) is 9.47 Å². The van der Waals surface area contributed by atoms with Crippen molar-refractivity contribution in [2.75, 3.05) is 45.8 Å². The lowest BCUT2D eigenvalue weighted by atomic mass is 10.1. The first kappa shape index (κ1) is 26.4. The number of carbonyl (C=O) groups excluding carboxylic acids is 2. The van der Waals surface area contributed by atoms with Crippen molar-refractivity contribution in [1.82, 2.24) is 14.4 Å². The summed E-state index contributed by atoms with van der Waals surface area (Å²) < 4.78 is 13.5. The number of carbonyl (C=O) groups is 2. The second-order valence-electron chi connectivity index (χ2n) is 9.68. The summed E-state index contributed by atoms with van der Waals surface area (Å²) in [5.74, 6) is 1.38. The second kappa shape index (κ2) is 12.0. The molecule has 3 amide bonds. The van der Waals surface area contributed by atoms with E-state index in [1.807, 2.05) is 57.0 Å². The molecule has 0 N–H and O–H groups in total. The van der Waals surface area contributed by atoms with Crippen LogP contribution in [-0.2, 0) is 17.9 Å². The fourth-order valence-corrected chi connectivity index (χ4v) is 4.70. The van der Waals surface area contributed by atoms with E-state index >= 15 is 0 Å². The molecule has 2 heterocycles. The summed E-state index contributed by atoms with van der Waals surface area (Å²) in [5, 5.41) is 1.06. The molecule has 1 aromatic heterocycles. The first-order chi connectivity index (χ1) is 17.9. The zero-order chi connectivity index (χ0) is 26.4. The summed E-state index contributed by atoms with van der Waals surface area (Å²) in [6, 6.07) is 13.8. The highest BCUT2D eigenvalue weighted by Crippen LogP contribution is 2.34. The van der Waals surface area contributed by atoms with E-state index in [0.717, 1.165) is 47.8 Å². The van der Waals surface area contributed by atoms with Gasteiger partial charge in [-0.1, -0.05) is 31.9 Å². The number of nitrogens with zero attached hydrogens (tertiary/aromatic N) is 4. The molecule has 0 atom stereocenters. The molecule has 1 saturated heterocycles. The zero-order valence-electron chi connectivity index (χ0n) is 22.4. The van der Waals surface area contributed by atoms with Crippen LogP contribution in [0.1, 0.15) is 38.2 Å². The monoisotopic (exact) mass is 506 g/mol. The van der Waals surface area contributed by atoms with Crippen LogP contribution in [0.5, 0.6) is 11.5 Å². The number of amides is 3. The van der Waals surface area contributed by atoms with Crippen LogP contribution in [-0.4, -0.2) is 67.2 Å². The predicted octanol–water partition coefficient (Wildman–Crippen LogP) is 5.14. The summed E-state index contributed by atoms with van der Waals surface area (Å²) in [7, 11) is 5.15. The standard InChI is InChI=1S/C29H38N4O4/c1-5-6-7-18-37-27-19-23(12-13-26(27)36-4)33-16-9-15-32(29(33)35)20-22-10-8-11-25-24(22)14-17-31(25)21-28(34)30(2)3/h8,10-14,17,19H,5-7,9,15-16,18,20-21H2,1-4H3. The Bertz CT molecular complexity index is 1240. The Labute approximate surface area is 219 Å². The van der Waals surface area contributed by atoms with Gasteiger partial charge in [-0.25, -0.2) is 4.79 Å². The number of aromatic nitrogens is 1. The molecule has 0 spiro atoms. The van der Waals surface area contributed by atoms with Crippen LogP contribution in [0.2, 0.25) is 0 Å². The molecule has 0 saturated carbocycles. The van der Waals surface area contributed by atoms with E-state index in [2.05, 4.69) is 13.0 Å². The third kappa shape index (κ3) is 6.01. The molecular formula is C29H38N4O4. The molecule has 8 nitrogen and oxygen atoms in total. The SMILES string of the molecule is CCCCCOc1cc(N2CCCN(Cc3cccc4c3ccn4CC(=O)N(C)C)C2=O)ccc1OC. The van der Waals surface area contributed by atoms with Crippen molar-refractivity contribution in [2.45, 2.75) is 45.7 Å². The average molecular weight is 507 g/mol. The molecule has 8 heteroatoms. The van der Waals surface area contributed by atoms with Crippen molar-refractivity contribution < 1.29 is 19.1 Å². The summed E-state index contributed by atoms with van der Waals surface area (Å²) in [5.41, 5.74) is 2.88. The Kier molecular flexibility index (Phi) is 8.58. The molecule has 198 valence electrons. The molecule has 37 heavy (non-hydrogen) atoms. The van der Waals surface area contributed by atoms with Crippen LogP contribution in [0.3, 0.4) is 0 Å². The highest BCUT2D eigenvalue weighted by Gasteiger charge is 2.28. The van der Waals surface area contributed by atoms with E-state index in [9.17, 15) is 9.59 Å². The summed E-state index contributed by atoms with van der Waals surface area (Å²) in [6.07, 6.45) is 6.05. The first-order valence-corrected chi connectivity index (χ1v) is 13.1. The molecular weight excluding hydrogens is 468 g/mol. The number of ether oxygens (including phenoxy) is 2. The maximum Gasteiger partial charge on any atom is 0.324 e. The number of hydrogen-bond acceptors (Lipinski definition) is 4. The topological polar surface area (TPSA) is 67.2 Å². The van der Waals surface area contributed by atoms with Crippen LogP contribution in [0.25, 0.3) is 10.9 Å². The van der Waals surface area contributed by atoms with Gasteiger partial charge in [-0.05, 0) is 42.7 Å². The largest absolute Gasteiger partial charge is 0.493 e. The van der Waals surface area contributed by atoms with Gasteiger partial charge in [0.05, 0.1) is 13.7 Å². The lowest BCUT2D eigenvalue weighted by Gasteiger charge is -2.36. The molecule has 1 aliphatic rings. The van der Waals surface area contributed by atoms with E-state index in [1.54, 1.807) is 26.1 Å². The minimum absolute atomic E-state index is 0.0208. The first-order valence-electron chi connectivity index (χ1n) is 13.1. The number of benzene rings is 2. The number of hydrogen-bond donors (Lipinski definition) is 0. The van der Waals surface area contributed by atoms with Gasteiger partial charge in [-0.2, -0.15) is 0 Å². The van der Waals surface area contributed by atoms with Crippen LogP contribution in [0, 0.1) is 0 Å². The molecule has 0 bridgehead atoms. The van der Waals surface area contributed by atoms with Crippen molar-refractivity contribution in [1.29, 1.82) is 0 Å². The van der Waals surface area contributed by atoms with Crippen LogP contribution in [0.4, 0.5) is 10.5 Å². The molecule has 0 aliphatic carbocycles.